The van der Waals surface area contributed by atoms with E-state index < -0.39 is 11.4 Å². The van der Waals surface area contributed by atoms with Crippen LogP contribution >= 0.6 is 48.8 Å². The van der Waals surface area contributed by atoms with Crippen molar-refractivity contribution in [1.82, 2.24) is 10.4 Å². The van der Waals surface area contributed by atoms with Crippen molar-refractivity contribution in [1.29, 1.82) is 0 Å². The van der Waals surface area contributed by atoms with E-state index in [4.69, 9.17) is 16.3 Å². The second-order valence-corrected chi connectivity index (χ2v) is 6.93. The molecule has 0 saturated carbocycles. The number of carbonyl (C=O) groups is 2. The Hall–Kier alpha value is -1.66. The first-order valence-corrected chi connectivity index (χ1v) is 8.15. The molecule has 0 unspecified atom stereocenters. The Bertz CT molecular complexity index is 777. The SMILES string of the molecule is COc1cccc(C(=O)NN(C(=O)c2ccc(Cl)cc2)C(C)(C)C)c1.Cl.Cl.Cl. The fraction of sp³-hybridized carbons (Fsp3) is 0.263. The number of hydrogen-bond donors (Lipinski definition) is 1. The molecule has 0 fully saturated rings. The van der Waals surface area contributed by atoms with Crippen LogP contribution in [-0.4, -0.2) is 29.5 Å². The first kappa shape index (κ1) is 28.5. The van der Waals surface area contributed by atoms with E-state index in [-0.39, 0.29) is 43.1 Å². The number of rotatable bonds is 3. The topological polar surface area (TPSA) is 58.6 Å². The molecule has 2 amide bonds. The number of carbonyl (C=O) groups excluding carboxylic acids is 2. The summed E-state index contributed by atoms with van der Waals surface area (Å²) in [6, 6.07) is 13.3. The van der Waals surface area contributed by atoms with Crippen LogP contribution in [0.2, 0.25) is 5.02 Å². The monoisotopic (exact) mass is 468 g/mol. The van der Waals surface area contributed by atoms with Crippen LogP contribution in [-0.2, 0) is 0 Å². The van der Waals surface area contributed by atoms with Crippen molar-refractivity contribution in [2.45, 2.75) is 26.3 Å². The predicted molar refractivity (Wildman–Crippen MR) is 120 cm³/mol. The maximum absolute atomic E-state index is 12.8. The molecule has 0 aliphatic carbocycles. The molecule has 1 N–H and O–H groups in total. The zero-order chi connectivity index (χ0) is 18.6. The number of nitrogens with one attached hydrogen (secondary N) is 1. The molecule has 2 aromatic rings. The van der Waals surface area contributed by atoms with Gasteiger partial charge in [0.1, 0.15) is 5.75 Å². The van der Waals surface area contributed by atoms with Gasteiger partial charge in [0.2, 0.25) is 0 Å². The zero-order valence-electron chi connectivity index (χ0n) is 15.9. The molecular formula is C19H24Cl4N2O3. The van der Waals surface area contributed by atoms with E-state index in [2.05, 4.69) is 5.43 Å². The van der Waals surface area contributed by atoms with Crippen LogP contribution in [0, 0.1) is 0 Å². The molecule has 0 radical (unpaired) electrons. The van der Waals surface area contributed by atoms with Crippen molar-refractivity contribution < 1.29 is 14.3 Å². The minimum atomic E-state index is -0.620. The minimum Gasteiger partial charge on any atom is -0.497 e. The van der Waals surface area contributed by atoms with Crippen LogP contribution in [0.25, 0.3) is 0 Å². The van der Waals surface area contributed by atoms with Crippen LogP contribution in [0.15, 0.2) is 48.5 Å². The van der Waals surface area contributed by atoms with Gasteiger partial charge in [-0.05, 0) is 63.2 Å². The number of hydrazine groups is 1. The third-order valence-corrected chi connectivity index (χ3v) is 3.76. The van der Waals surface area contributed by atoms with Gasteiger partial charge in [-0.3, -0.25) is 15.0 Å². The number of benzene rings is 2. The van der Waals surface area contributed by atoms with Crippen LogP contribution in [0.5, 0.6) is 5.75 Å². The molecule has 2 rings (SSSR count). The third-order valence-electron chi connectivity index (χ3n) is 3.51. The van der Waals surface area contributed by atoms with E-state index in [0.717, 1.165) is 0 Å². The molecule has 0 aromatic heterocycles. The van der Waals surface area contributed by atoms with Gasteiger partial charge in [0.25, 0.3) is 11.8 Å². The van der Waals surface area contributed by atoms with Gasteiger partial charge in [-0.2, -0.15) is 0 Å². The lowest BCUT2D eigenvalue weighted by Crippen LogP contribution is -2.55. The van der Waals surface area contributed by atoms with Gasteiger partial charge in [0, 0.05) is 16.1 Å². The van der Waals surface area contributed by atoms with Gasteiger partial charge in [-0.1, -0.05) is 17.7 Å². The van der Waals surface area contributed by atoms with Gasteiger partial charge >= 0.3 is 0 Å². The third kappa shape index (κ3) is 7.40. The molecule has 0 atom stereocenters. The highest BCUT2D eigenvalue weighted by Crippen LogP contribution is 2.18. The Morgan fingerprint density at radius 3 is 2.04 bits per heavy atom. The van der Waals surface area contributed by atoms with E-state index in [1.807, 2.05) is 20.8 Å². The van der Waals surface area contributed by atoms with Crippen molar-refractivity contribution in [3.05, 3.63) is 64.7 Å². The summed E-state index contributed by atoms with van der Waals surface area (Å²) in [5.41, 5.74) is 2.91. The largest absolute Gasteiger partial charge is 0.497 e. The van der Waals surface area contributed by atoms with E-state index >= 15 is 0 Å². The maximum atomic E-state index is 12.8. The normalized spacial score (nSPS) is 9.75. The Morgan fingerprint density at radius 2 is 1.54 bits per heavy atom. The molecule has 2 aromatic carbocycles. The summed E-state index contributed by atoms with van der Waals surface area (Å²) < 4.78 is 5.13. The van der Waals surface area contributed by atoms with Crippen LogP contribution in [0.3, 0.4) is 0 Å². The van der Waals surface area contributed by atoms with Gasteiger partial charge in [-0.25, -0.2) is 5.01 Å². The lowest BCUT2D eigenvalue weighted by atomic mass is 10.1. The van der Waals surface area contributed by atoms with Crippen molar-refractivity contribution in [2.24, 2.45) is 0 Å². The number of nitrogens with zero attached hydrogens (tertiary/aromatic N) is 1. The summed E-state index contributed by atoms with van der Waals surface area (Å²) >= 11 is 5.87. The molecule has 28 heavy (non-hydrogen) atoms. The van der Waals surface area contributed by atoms with E-state index in [1.165, 1.54) is 12.1 Å². The standard InChI is InChI=1S/C19H21ClN2O3.3ClH/c1-19(2,3)22(18(24)13-8-10-15(20)11-9-13)21-17(23)14-6-5-7-16(12-14)25-4;;;/h5-12H,1-4H3,(H,21,23);3*1H. The Kier molecular flexibility index (Phi) is 12.3. The summed E-state index contributed by atoms with van der Waals surface area (Å²) in [6.07, 6.45) is 0. The molecule has 0 heterocycles. The molecular weight excluding hydrogens is 446 g/mol. The number of methoxy groups -OCH3 is 1. The highest BCUT2D eigenvalue weighted by Gasteiger charge is 2.29. The summed E-state index contributed by atoms with van der Waals surface area (Å²) in [5.74, 6) is -0.143. The molecule has 0 bridgehead atoms. The Balaban J connectivity index is 0. The Labute approximate surface area is 189 Å². The zero-order valence-corrected chi connectivity index (χ0v) is 19.1. The average molecular weight is 470 g/mol. The summed E-state index contributed by atoms with van der Waals surface area (Å²) in [6.45, 7) is 5.52. The number of halogens is 4. The number of hydrogen-bond acceptors (Lipinski definition) is 3. The second-order valence-electron chi connectivity index (χ2n) is 6.49. The van der Waals surface area contributed by atoms with Crippen LogP contribution < -0.4 is 10.2 Å². The quantitative estimate of drug-likeness (QED) is 0.628. The highest BCUT2D eigenvalue weighted by molar-refractivity contribution is 6.30. The van der Waals surface area contributed by atoms with Gasteiger partial charge < -0.3 is 4.74 Å². The molecule has 9 heteroatoms. The molecule has 156 valence electrons. The summed E-state index contributed by atoms with van der Waals surface area (Å²) in [5, 5.41) is 1.86. The minimum absolute atomic E-state index is 0. The lowest BCUT2D eigenvalue weighted by molar-refractivity contribution is 0.0358. The van der Waals surface area contributed by atoms with Crippen molar-refractivity contribution >= 4 is 60.6 Å². The highest BCUT2D eigenvalue weighted by atomic mass is 35.5. The molecule has 0 spiro atoms. The van der Waals surface area contributed by atoms with Gasteiger partial charge in [0.05, 0.1) is 12.6 Å². The lowest BCUT2D eigenvalue weighted by Gasteiger charge is -2.35. The van der Waals surface area contributed by atoms with E-state index in [1.54, 1.807) is 48.5 Å². The van der Waals surface area contributed by atoms with E-state index in [9.17, 15) is 9.59 Å². The van der Waals surface area contributed by atoms with Crippen LogP contribution in [0.4, 0.5) is 0 Å². The predicted octanol–water partition coefficient (Wildman–Crippen LogP) is 5.20. The van der Waals surface area contributed by atoms with E-state index in [0.29, 0.717) is 21.9 Å². The molecule has 0 saturated heterocycles. The molecule has 0 aliphatic rings. The molecule has 0 aliphatic heterocycles. The van der Waals surface area contributed by atoms with Crippen LogP contribution in [0.1, 0.15) is 41.5 Å². The fourth-order valence-corrected chi connectivity index (χ4v) is 2.30. The Morgan fingerprint density at radius 1 is 0.964 bits per heavy atom. The van der Waals surface area contributed by atoms with Crippen molar-refractivity contribution in [3.8, 4) is 5.75 Å². The second kappa shape index (κ2) is 12.0. The number of ether oxygens (including phenoxy) is 1. The van der Waals surface area contributed by atoms with Gasteiger partial charge in [0.15, 0.2) is 0 Å². The summed E-state index contributed by atoms with van der Waals surface area (Å²) in [4.78, 5) is 25.4. The van der Waals surface area contributed by atoms with Crippen molar-refractivity contribution in [3.63, 3.8) is 0 Å². The first-order valence-electron chi connectivity index (χ1n) is 7.77. The maximum Gasteiger partial charge on any atom is 0.272 e. The molecule has 5 nitrogen and oxygen atoms in total. The summed E-state index contributed by atoms with van der Waals surface area (Å²) in [7, 11) is 1.53. The first-order chi connectivity index (χ1) is 11.7. The average Bonchev–Trinajstić information content (AvgIpc) is 2.58. The fourth-order valence-electron chi connectivity index (χ4n) is 2.18. The van der Waals surface area contributed by atoms with Gasteiger partial charge in [-0.15, -0.1) is 37.2 Å². The number of amides is 2. The smallest absolute Gasteiger partial charge is 0.272 e. The van der Waals surface area contributed by atoms with Crippen molar-refractivity contribution in [2.75, 3.05) is 7.11 Å².